The maximum absolute atomic E-state index is 13.1. The first kappa shape index (κ1) is 19.6. The predicted octanol–water partition coefficient (Wildman–Crippen LogP) is 1.77. The molecule has 1 atom stereocenters. The lowest BCUT2D eigenvalue weighted by Crippen LogP contribution is -2.42. The van der Waals surface area contributed by atoms with Gasteiger partial charge in [0.05, 0.1) is 11.2 Å². The average Bonchev–Trinajstić information content (AvgIpc) is 3.00. The molecule has 0 fully saturated rings. The summed E-state index contributed by atoms with van der Waals surface area (Å²) in [5.74, 6) is -0.494. The van der Waals surface area contributed by atoms with E-state index in [-0.39, 0.29) is 16.7 Å². The van der Waals surface area contributed by atoms with Gasteiger partial charge >= 0.3 is 0 Å². The van der Waals surface area contributed by atoms with E-state index in [4.69, 9.17) is 4.42 Å². The molecule has 138 valence electrons. The van der Waals surface area contributed by atoms with Crippen molar-refractivity contribution in [2.24, 2.45) is 0 Å². The van der Waals surface area contributed by atoms with Crippen molar-refractivity contribution in [2.45, 2.75) is 30.0 Å². The summed E-state index contributed by atoms with van der Waals surface area (Å²) in [6.45, 7) is 2.84. The number of sulfone groups is 1. The van der Waals surface area contributed by atoms with Crippen LogP contribution in [0.2, 0.25) is 0 Å². The zero-order valence-corrected chi connectivity index (χ0v) is 15.3. The van der Waals surface area contributed by atoms with Crippen LogP contribution in [0.1, 0.15) is 24.9 Å². The van der Waals surface area contributed by atoms with Gasteiger partial charge in [-0.3, -0.25) is 0 Å². The molecule has 10 heteroatoms. The fourth-order valence-electron chi connectivity index (χ4n) is 2.16. The van der Waals surface area contributed by atoms with E-state index >= 15 is 0 Å². The van der Waals surface area contributed by atoms with Gasteiger partial charge in [-0.25, -0.2) is 17.5 Å². The molecule has 1 aromatic carbocycles. The lowest BCUT2D eigenvalue weighted by molar-refractivity contribution is 0.485. The number of furan rings is 1. The van der Waals surface area contributed by atoms with Crippen molar-refractivity contribution in [3.8, 4) is 0 Å². The maximum atomic E-state index is 13.1. The molecule has 0 aliphatic heterocycles. The first-order chi connectivity index (χ1) is 11.6. The van der Waals surface area contributed by atoms with E-state index in [1.807, 2.05) is 0 Å². The molecule has 0 spiro atoms. The number of halogens is 1. The SMILES string of the molecule is CC(C)NS(=O)(=O)NCC(c1ccco1)S(=O)(=O)c1ccc(F)cc1. The Hall–Kier alpha value is -1.75. The van der Waals surface area contributed by atoms with Gasteiger partial charge in [0.2, 0.25) is 0 Å². The molecule has 0 aliphatic carbocycles. The number of benzene rings is 1. The largest absolute Gasteiger partial charge is 0.468 e. The Morgan fingerprint density at radius 3 is 2.24 bits per heavy atom. The third kappa shape index (κ3) is 5.11. The Kier molecular flexibility index (Phi) is 5.99. The van der Waals surface area contributed by atoms with Gasteiger partial charge in [0.25, 0.3) is 10.2 Å². The molecule has 0 saturated heterocycles. The molecule has 0 aliphatic rings. The first-order valence-corrected chi connectivity index (χ1v) is 10.4. The van der Waals surface area contributed by atoms with E-state index in [2.05, 4.69) is 9.44 Å². The molecule has 25 heavy (non-hydrogen) atoms. The van der Waals surface area contributed by atoms with Gasteiger partial charge in [0.1, 0.15) is 16.8 Å². The normalized spacial score (nSPS) is 13.9. The molecule has 1 aromatic heterocycles. The Morgan fingerprint density at radius 2 is 1.72 bits per heavy atom. The van der Waals surface area contributed by atoms with E-state index < -0.39 is 37.7 Å². The summed E-state index contributed by atoms with van der Waals surface area (Å²) in [6.07, 6.45) is 1.30. The summed E-state index contributed by atoms with van der Waals surface area (Å²) in [4.78, 5) is -0.133. The number of hydrogen-bond acceptors (Lipinski definition) is 5. The van der Waals surface area contributed by atoms with Crippen molar-refractivity contribution in [3.63, 3.8) is 0 Å². The second kappa shape index (κ2) is 7.65. The first-order valence-electron chi connectivity index (χ1n) is 7.41. The Bertz CT molecular complexity index is 892. The van der Waals surface area contributed by atoms with Gasteiger partial charge < -0.3 is 4.42 Å². The van der Waals surface area contributed by atoms with Gasteiger partial charge in [-0.05, 0) is 50.2 Å². The highest BCUT2D eigenvalue weighted by Gasteiger charge is 2.32. The Morgan fingerprint density at radius 1 is 1.08 bits per heavy atom. The van der Waals surface area contributed by atoms with Crippen LogP contribution in [-0.4, -0.2) is 29.4 Å². The third-order valence-electron chi connectivity index (χ3n) is 3.23. The summed E-state index contributed by atoms with van der Waals surface area (Å²) in [7, 11) is -7.89. The highest BCUT2D eigenvalue weighted by molar-refractivity contribution is 7.92. The minimum atomic E-state index is -4.01. The highest BCUT2D eigenvalue weighted by atomic mass is 32.2. The van der Waals surface area contributed by atoms with Gasteiger partial charge in [0, 0.05) is 12.6 Å². The van der Waals surface area contributed by atoms with Crippen LogP contribution in [0.25, 0.3) is 0 Å². The van der Waals surface area contributed by atoms with Crippen molar-refractivity contribution in [1.29, 1.82) is 0 Å². The Balaban J connectivity index is 2.33. The topological polar surface area (TPSA) is 105 Å². The molecule has 2 rings (SSSR count). The summed E-state index contributed by atoms with van der Waals surface area (Å²) in [5, 5.41) is -1.29. The maximum Gasteiger partial charge on any atom is 0.277 e. The van der Waals surface area contributed by atoms with E-state index in [1.54, 1.807) is 13.8 Å². The van der Waals surface area contributed by atoms with Crippen molar-refractivity contribution in [1.82, 2.24) is 9.44 Å². The lowest BCUT2D eigenvalue weighted by atomic mass is 10.3. The molecule has 7 nitrogen and oxygen atoms in total. The second-order valence-electron chi connectivity index (χ2n) is 5.63. The highest BCUT2D eigenvalue weighted by Crippen LogP contribution is 2.29. The van der Waals surface area contributed by atoms with Crippen molar-refractivity contribution in [3.05, 3.63) is 54.2 Å². The van der Waals surface area contributed by atoms with Crippen LogP contribution in [0.5, 0.6) is 0 Å². The molecule has 1 unspecified atom stereocenters. The molecular weight excluding hydrogens is 371 g/mol. The average molecular weight is 390 g/mol. The van der Waals surface area contributed by atoms with Crippen LogP contribution in [0.4, 0.5) is 4.39 Å². The minimum absolute atomic E-state index is 0.0802. The molecule has 0 bridgehead atoms. The lowest BCUT2D eigenvalue weighted by Gasteiger charge is -2.17. The van der Waals surface area contributed by atoms with Crippen LogP contribution in [0.15, 0.2) is 52.0 Å². The third-order valence-corrected chi connectivity index (χ3v) is 6.63. The second-order valence-corrected chi connectivity index (χ2v) is 9.29. The van der Waals surface area contributed by atoms with Gasteiger partial charge in [-0.15, -0.1) is 0 Å². The Labute approximate surface area is 146 Å². The van der Waals surface area contributed by atoms with Crippen LogP contribution in [-0.2, 0) is 20.0 Å². The van der Waals surface area contributed by atoms with Gasteiger partial charge in [0.15, 0.2) is 9.84 Å². The van der Waals surface area contributed by atoms with Crippen LogP contribution >= 0.6 is 0 Å². The summed E-state index contributed by atoms with van der Waals surface area (Å²) in [5.41, 5.74) is 0. The summed E-state index contributed by atoms with van der Waals surface area (Å²) in [6, 6.07) is 6.89. The fourth-order valence-corrected chi connectivity index (χ4v) is 4.95. The van der Waals surface area contributed by atoms with E-state index in [0.717, 1.165) is 24.3 Å². The number of hydrogen-bond donors (Lipinski definition) is 2. The summed E-state index contributed by atoms with van der Waals surface area (Å²) < 4.78 is 72.3. The standard InChI is InChI=1S/C15H19FN2O5S2/c1-11(2)18-25(21,22)17-10-15(14-4-3-9-23-14)24(19,20)13-7-5-12(16)6-8-13/h3-9,11,15,17-18H,10H2,1-2H3. The molecule has 0 amide bonds. The monoisotopic (exact) mass is 390 g/mol. The zero-order chi connectivity index (χ0) is 18.7. The zero-order valence-electron chi connectivity index (χ0n) is 13.6. The van der Waals surface area contributed by atoms with Gasteiger partial charge in [-0.1, -0.05) is 0 Å². The number of rotatable bonds is 8. The van der Waals surface area contributed by atoms with E-state index in [9.17, 15) is 21.2 Å². The van der Waals surface area contributed by atoms with Crippen molar-refractivity contribution >= 4 is 20.0 Å². The predicted molar refractivity (Wildman–Crippen MR) is 90.2 cm³/mol. The van der Waals surface area contributed by atoms with E-state index in [1.165, 1.54) is 18.4 Å². The van der Waals surface area contributed by atoms with Gasteiger partial charge in [-0.2, -0.15) is 13.1 Å². The van der Waals surface area contributed by atoms with Crippen LogP contribution < -0.4 is 9.44 Å². The molecular formula is C15H19FN2O5S2. The quantitative estimate of drug-likeness (QED) is 0.668. The van der Waals surface area contributed by atoms with Crippen molar-refractivity contribution in [2.75, 3.05) is 6.54 Å². The van der Waals surface area contributed by atoms with Crippen molar-refractivity contribution < 1.29 is 25.6 Å². The molecule has 2 N–H and O–H groups in total. The fraction of sp³-hybridized carbons (Fsp3) is 0.333. The molecule has 0 saturated carbocycles. The van der Waals surface area contributed by atoms with Crippen LogP contribution in [0.3, 0.4) is 0 Å². The van der Waals surface area contributed by atoms with Crippen LogP contribution in [0, 0.1) is 5.82 Å². The van der Waals surface area contributed by atoms with E-state index in [0.29, 0.717) is 0 Å². The molecule has 2 aromatic rings. The smallest absolute Gasteiger partial charge is 0.277 e. The molecule has 1 heterocycles. The summed E-state index contributed by atoms with van der Waals surface area (Å²) >= 11 is 0. The molecule has 0 radical (unpaired) electrons. The minimum Gasteiger partial charge on any atom is -0.468 e. The number of nitrogens with one attached hydrogen (secondary N) is 2.